The van der Waals surface area contributed by atoms with Gasteiger partial charge in [-0.1, -0.05) is 11.2 Å². The second-order valence-electron chi connectivity index (χ2n) is 7.16. The zero-order valence-electron chi connectivity index (χ0n) is 14.8. The topological polar surface area (TPSA) is 95.1 Å². The zero-order chi connectivity index (χ0) is 17.8. The Morgan fingerprint density at radius 3 is 2.81 bits per heavy atom. The van der Waals surface area contributed by atoms with Crippen LogP contribution in [0.4, 0.5) is 5.82 Å². The maximum absolute atomic E-state index is 6.22. The van der Waals surface area contributed by atoms with E-state index in [0.29, 0.717) is 23.1 Å². The average molecular weight is 348 g/mol. The van der Waals surface area contributed by atoms with Crippen LogP contribution in [0.1, 0.15) is 56.4 Å². The van der Waals surface area contributed by atoms with E-state index in [-0.39, 0.29) is 6.04 Å². The summed E-state index contributed by atoms with van der Waals surface area (Å²) < 4.78 is 7.73. The molecule has 1 fully saturated rings. The monoisotopic (exact) mass is 348 g/mol. The highest BCUT2D eigenvalue weighted by molar-refractivity contribution is 6.02. The van der Waals surface area contributed by atoms with Crippen molar-refractivity contribution in [1.82, 2.24) is 19.9 Å². The second kappa shape index (κ2) is 5.52. The minimum Gasteiger partial charge on any atom is -0.383 e. The third kappa shape index (κ3) is 2.20. The Morgan fingerprint density at radius 2 is 2.12 bits per heavy atom. The molecule has 0 radical (unpaired) electrons. The van der Waals surface area contributed by atoms with Crippen LogP contribution < -0.4 is 5.73 Å². The fourth-order valence-corrected chi connectivity index (χ4v) is 3.54. The summed E-state index contributed by atoms with van der Waals surface area (Å²) in [7, 11) is 0. The molecule has 4 heterocycles. The molecular formula is C19H20N6O. The van der Waals surface area contributed by atoms with Crippen LogP contribution in [-0.2, 0) is 0 Å². The first-order valence-electron chi connectivity index (χ1n) is 9.01. The highest BCUT2D eigenvalue weighted by atomic mass is 16.5. The molecular weight excluding hydrogens is 328 g/mol. The summed E-state index contributed by atoms with van der Waals surface area (Å²) in [6.45, 7) is 4.19. The van der Waals surface area contributed by atoms with E-state index in [1.54, 1.807) is 6.20 Å². The Bertz CT molecular complexity index is 1070. The van der Waals surface area contributed by atoms with E-state index in [4.69, 9.17) is 15.4 Å². The standard InChI is InChI=1S/C19H20N6O/c1-10(2)25-13-7-9-22-19(20)15(13)16(23-25)17-14(12-4-3-8-21-12)18(26-24-17)11-5-6-11/h4,7-11H,3,5-6H2,1-2H3,(H2,20,22). The summed E-state index contributed by atoms with van der Waals surface area (Å²) in [5.41, 5.74) is 10.5. The van der Waals surface area contributed by atoms with Gasteiger partial charge in [0.1, 0.15) is 23.0 Å². The van der Waals surface area contributed by atoms with Crippen molar-refractivity contribution >= 4 is 28.6 Å². The fraction of sp³-hybridized carbons (Fsp3) is 0.368. The molecule has 0 unspecified atom stereocenters. The second-order valence-corrected chi connectivity index (χ2v) is 7.16. The van der Waals surface area contributed by atoms with Crippen molar-refractivity contribution in [3.8, 4) is 11.4 Å². The van der Waals surface area contributed by atoms with Gasteiger partial charge in [0, 0.05) is 30.8 Å². The molecule has 0 atom stereocenters. The molecule has 0 spiro atoms. The zero-order valence-corrected chi connectivity index (χ0v) is 14.8. The molecule has 2 aliphatic rings. The van der Waals surface area contributed by atoms with Gasteiger partial charge < -0.3 is 10.3 Å². The summed E-state index contributed by atoms with van der Waals surface area (Å²) in [5, 5.41) is 10.1. The lowest BCUT2D eigenvalue weighted by molar-refractivity contribution is 0.385. The van der Waals surface area contributed by atoms with E-state index in [9.17, 15) is 0 Å². The molecule has 0 amide bonds. The lowest BCUT2D eigenvalue weighted by Gasteiger charge is -2.06. The highest BCUT2D eigenvalue weighted by Gasteiger charge is 2.35. The molecule has 0 aromatic carbocycles. The number of nitrogen functional groups attached to an aromatic ring is 1. The van der Waals surface area contributed by atoms with Gasteiger partial charge in [0.25, 0.3) is 0 Å². The number of allylic oxidation sites excluding steroid dienone is 1. The molecule has 1 saturated carbocycles. The molecule has 5 rings (SSSR count). The molecule has 1 aliphatic heterocycles. The summed E-state index contributed by atoms with van der Waals surface area (Å²) in [6.07, 6.45) is 8.81. The summed E-state index contributed by atoms with van der Waals surface area (Å²) in [5.74, 6) is 1.80. The molecule has 2 N–H and O–H groups in total. The molecule has 7 nitrogen and oxygen atoms in total. The lowest BCUT2D eigenvalue weighted by Crippen LogP contribution is -2.02. The normalized spacial score (nSPS) is 16.8. The van der Waals surface area contributed by atoms with Crippen LogP contribution in [0.25, 0.3) is 28.0 Å². The SMILES string of the molecule is CC(C)n1nc(-c2noc(C3CC3)c2C2=CCC=N2)c2c(N)nccc21. The first-order chi connectivity index (χ1) is 12.6. The van der Waals surface area contributed by atoms with Crippen molar-refractivity contribution in [2.45, 2.75) is 45.1 Å². The number of hydrogen-bond donors (Lipinski definition) is 1. The predicted molar refractivity (Wildman–Crippen MR) is 101 cm³/mol. The molecule has 26 heavy (non-hydrogen) atoms. The van der Waals surface area contributed by atoms with Gasteiger partial charge in [-0.2, -0.15) is 5.10 Å². The van der Waals surface area contributed by atoms with Gasteiger partial charge in [-0.3, -0.25) is 9.67 Å². The number of fused-ring (bicyclic) bond motifs is 1. The maximum atomic E-state index is 6.22. The number of nitrogens with zero attached hydrogens (tertiary/aromatic N) is 5. The Morgan fingerprint density at radius 1 is 1.27 bits per heavy atom. The minimum absolute atomic E-state index is 0.190. The number of pyridine rings is 1. The van der Waals surface area contributed by atoms with E-state index in [0.717, 1.165) is 47.2 Å². The van der Waals surface area contributed by atoms with Gasteiger partial charge in [0.2, 0.25) is 0 Å². The van der Waals surface area contributed by atoms with Crippen LogP contribution in [0, 0.1) is 0 Å². The molecule has 3 aromatic rings. The van der Waals surface area contributed by atoms with Gasteiger partial charge in [-0.05, 0) is 32.8 Å². The molecule has 132 valence electrons. The summed E-state index contributed by atoms with van der Waals surface area (Å²) >= 11 is 0. The van der Waals surface area contributed by atoms with Crippen molar-refractivity contribution in [3.63, 3.8) is 0 Å². The van der Waals surface area contributed by atoms with Gasteiger partial charge in [-0.15, -0.1) is 0 Å². The van der Waals surface area contributed by atoms with E-state index in [1.807, 2.05) is 17.0 Å². The summed E-state index contributed by atoms with van der Waals surface area (Å²) in [6, 6.07) is 2.13. The van der Waals surface area contributed by atoms with Gasteiger partial charge in [0.05, 0.1) is 22.2 Å². The largest absolute Gasteiger partial charge is 0.383 e. The van der Waals surface area contributed by atoms with Crippen LogP contribution in [0.5, 0.6) is 0 Å². The number of aromatic nitrogens is 4. The first kappa shape index (κ1) is 15.3. The van der Waals surface area contributed by atoms with Crippen LogP contribution in [-0.4, -0.2) is 26.1 Å². The van der Waals surface area contributed by atoms with Crippen LogP contribution in [0.3, 0.4) is 0 Å². The number of rotatable bonds is 4. The van der Waals surface area contributed by atoms with Crippen LogP contribution >= 0.6 is 0 Å². The highest BCUT2D eigenvalue weighted by Crippen LogP contribution is 2.47. The van der Waals surface area contributed by atoms with E-state index in [2.05, 4.69) is 35.1 Å². The molecule has 0 bridgehead atoms. The Hall–Kier alpha value is -2.96. The van der Waals surface area contributed by atoms with Gasteiger partial charge >= 0.3 is 0 Å². The van der Waals surface area contributed by atoms with Crippen molar-refractivity contribution in [2.24, 2.45) is 4.99 Å². The van der Waals surface area contributed by atoms with Crippen molar-refractivity contribution in [1.29, 1.82) is 0 Å². The predicted octanol–water partition coefficient (Wildman–Crippen LogP) is 3.94. The van der Waals surface area contributed by atoms with E-state index < -0.39 is 0 Å². The van der Waals surface area contributed by atoms with Crippen LogP contribution in [0.2, 0.25) is 0 Å². The van der Waals surface area contributed by atoms with Gasteiger partial charge in [0.15, 0.2) is 0 Å². The average Bonchev–Trinajstić information content (AvgIpc) is 3.04. The molecule has 3 aromatic heterocycles. The number of hydrogen-bond acceptors (Lipinski definition) is 6. The van der Waals surface area contributed by atoms with Crippen molar-refractivity contribution < 1.29 is 4.52 Å². The quantitative estimate of drug-likeness (QED) is 0.770. The summed E-state index contributed by atoms with van der Waals surface area (Å²) in [4.78, 5) is 8.80. The molecule has 1 aliphatic carbocycles. The Labute approximate surface area is 150 Å². The lowest BCUT2D eigenvalue weighted by atomic mass is 10.0. The van der Waals surface area contributed by atoms with Crippen LogP contribution in [0.15, 0.2) is 27.9 Å². The Balaban J connectivity index is 1.80. The van der Waals surface area contributed by atoms with E-state index in [1.165, 1.54) is 0 Å². The third-order valence-corrected chi connectivity index (χ3v) is 4.93. The van der Waals surface area contributed by atoms with Crippen molar-refractivity contribution in [3.05, 3.63) is 29.7 Å². The molecule has 0 saturated heterocycles. The Kier molecular flexibility index (Phi) is 3.25. The fourth-order valence-electron chi connectivity index (χ4n) is 3.54. The minimum atomic E-state index is 0.190. The van der Waals surface area contributed by atoms with Gasteiger partial charge in [-0.25, -0.2) is 4.98 Å². The number of nitrogens with two attached hydrogens (primary N) is 1. The number of aliphatic imine (C=N–C) groups is 1. The number of anilines is 1. The smallest absolute Gasteiger partial charge is 0.149 e. The molecule has 7 heteroatoms. The first-order valence-corrected chi connectivity index (χ1v) is 9.01. The van der Waals surface area contributed by atoms with E-state index >= 15 is 0 Å². The third-order valence-electron chi connectivity index (χ3n) is 4.93. The maximum Gasteiger partial charge on any atom is 0.149 e. The van der Waals surface area contributed by atoms with Crippen molar-refractivity contribution in [2.75, 3.05) is 5.73 Å².